The third-order valence-electron chi connectivity index (χ3n) is 4.10. The molecule has 1 N–H and O–H groups in total. The van der Waals surface area contributed by atoms with Crippen LogP contribution in [-0.4, -0.2) is 11.7 Å². The molecule has 25 heavy (non-hydrogen) atoms. The molecule has 3 aromatic rings. The van der Waals surface area contributed by atoms with Crippen LogP contribution in [0.25, 0.3) is 0 Å². The quantitative estimate of drug-likeness (QED) is 0.713. The fraction of sp³-hybridized carbons (Fsp3) is 0. The van der Waals surface area contributed by atoms with Gasteiger partial charge in [-0.1, -0.05) is 59.6 Å². The molecule has 1 amide bonds. The molecule has 1 aliphatic heterocycles. The van der Waals surface area contributed by atoms with Crippen LogP contribution >= 0.6 is 23.2 Å². The fourth-order valence-corrected chi connectivity index (χ4v) is 3.54. The number of carbonyl (C=O) groups is 1. The van der Waals surface area contributed by atoms with Crippen molar-refractivity contribution in [3.05, 3.63) is 94.0 Å². The summed E-state index contributed by atoms with van der Waals surface area (Å²) in [6, 6.07) is 22.1. The molecule has 0 saturated heterocycles. The summed E-state index contributed by atoms with van der Waals surface area (Å²) in [5.74, 6) is 0.457. The van der Waals surface area contributed by atoms with E-state index in [1.807, 2.05) is 48.5 Å². The van der Waals surface area contributed by atoms with E-state index in [0.717, 1.165) is 5.56 Å². The van der Waals surface area contributed by atoms with Gasteiger partial charge in [0.05, 0.1) is 11.3 Å². The van der Waals surface area contributed by atoms with E-state index in [2.05, 4.69) is 0 Å². The highest BCUT2D eigenvalue weighted by Crippen LogP contribution is 2.29. The Bertz CT molecular complexity index is 979. The second-order valence-electron chi connectivity index (χ2n) is 5.64. The van der Waals surface area contributed by atoms with E-state index in [1.165, 1.54) is 0 Å². The minimum Gasteiger partial charge on any atom is -0.225 e. The largest absolute Gasteiger partial charge is 0.357 e. The third kappa shape index (κ3) is 2.76. The maximum atomic E-state index is 13.3. The summed E-state index contributed by atoms with van der Waals surface area (Å²) in [4.78, 5) is 18.4. The number of halogens is 2. The van der Waals surface area contributed by atoms with Crippen LogP contribution in [0, 0.1) is 0 Å². The number of hydrogen-bond donors (Lipinski definition) is 1. The molecule has 0 radical (unpaired) electrons. The molecule has 0 fully saturated rings. The lowest BCUT2D eigenvalue weighted by Gasteiger charge is -2.24. The Morgan fingerprint density at radius 3 is 2.12 bits per heavy atom. The van der Waals surface area contributed by atoms with Gasteiger partial charge in [0.2, 0.25) is 5.84 Å². The van der Waals surface area contributed by atoms with Crippen molar-refractivity contribution in [2.24, 2.45) is 4.99 Å². The Kier molecular flexibility index (Phi) is 4.14. The van der Waals surface area contributed by atoms with Crippen molar-refractivity contribution in [3.63, 3.8) is 0 Å². The predicted octanol–water partition coefficient (Wildman–Crippen LogP) is 4.44. The molecule has 1 atom stereocenters. The number of aliphatic imine (C=N–C) groups is 1. The maximum Gasteiger partial charge on any atom is 0.357 e. The van der Waals surface area contributed by atoms with Gasteiger partial charge < -0.3 is 0 Å². The van der Waals surface area contributed by atoms with E-state index in [4.69, 9.17) is 28.2 Å². The highest BCUT2D eigenvalue weighted by Gasteiger charge is 2.39. The Morgan fingerprint density at radius 1 is 0.760 bits per heavy atom. The smallest absolute Gasteiger partial charge is 0.225 e. The summed E-state index contributed by atoms with van der Waals surface area (Å²) >= 11 is 12.8. The molecule has 0 saturated carbocycles. The van der Waals surface area contributed by atoms with Gasteiger partial charge in [0.15, 0.2) is 5.69 Å². The van der Waals surface area contributed by atoms with Gasteiger partial charge in [-0.25, -0.2) is 4.79 Å². The monoisotopic (exact) mass is 367 g/mol. The lowest BCUT2D eigenvalue weighted by atomic mass is 10.1. The number of hydrogen-bond acceptors (Lipinski definition) is 2. The molecule has 0 aliphatic carbocycles. The molecule has 3 nitrogen and oxygen atoms in total. The molecule has 0 spiro atoms. The average molecular weight is 368 g/mol. The summed E-state index contributed by atoms with van der Waals surface area (Å²) in [6.45, 7) is 0. The summed E-state index contributed by atoms with van der Waals surface area (Å²) in [6.07, 6.45) is 0. The summed E-state index contributed by atoms with van der Waals surface area (Å²) in [5.41, 5.74) is 2.57. The topological polar surface area (TPSA) is 33.9 Å². The van der Waals surface area contributed by atoms with Crippen LogP contribution in [-0.2, 0) is 0 Å². The second-order valence-corrected chi connectivity index (χ2v) is 6.46. The van der Waals surface area contributed by atoms with Crippen LogP contribution in [0.2, 0.25) is 10.0 Å². The first kappa shape index (κ1) is 16.0. The van der Waals surface area contributed by atoms with E-state index in [1.54, 1.807) is 24.3 Å². The van der Waals surface area contributed by atoms with Crippen molar-refractivity contribution in [3.8, 4) is 0 Å². The van der Waals surface area contributed by atoms with Gasteiger partial charge in [0.1, 0.15) is 15.6 Å². The number of amides is 1. The van der Waals surface area contributed by atoms with Crippen LogP contribution in [0.4, 0.5) is 11.4 Å². The van der Waals surface area contributed by atoms with Crippen LogP contribution in [0.15, 0.2) is 77.8 Å². The summed E-state index contributed by atoms with van der Waals surface area (Å²) in [5, 5.41) is 0.859. The molecule has 5 heteroatoms. The first-order valence-corrected chi connectivity index (χ1v) is 8.52. The zero-order valence-electron chi connectivity index (χ0n) is 13.0. The number of quaternary nitrogens is 1. The van der Waals surface area contributed by atoms with Crippen molar-refractivity contribution < 1.29 is 9.69 Å². The number of nitrogens with zero attached hydrogens (tertiary/aromatic N) is 1. The third-order valence-corrected chi connectivity index (χ3v) is 4.73. The molecule has 1 unspecified atom stereocenters. The van der Waals surface area contributed by atoms with E-state index in [-0.39, 0.29) is 5.91 Å². The first-order valence-electron chi connectivity index (χ1n) is 7.76. The van der Waals surface area contributed by atoms with Crippen molar-refractivity contribution in [1.29, 1.82) is 0 Å². The van der Waals surface area contributed by atoms with Gasteiger partial charge in [0, 0.05) is 0 Å². The van der Waals surface area contributed by atoms with E-state index in [9.17, 15) is 4.79 Å². The highest BCUT2D eigenvalue weighted by atomic mass is 35.5. The first-order chi connectivity index (χ1) is 12.2. The van der Waals surface area contributed by atoms with Gasteiger partial charge in [-0.2, -0.15) is 9.89 Å². The maximum absolute atomic E-state index is 13.3. The normalized spacial score (nSPS) is 16.3. The number of benzene rings is 3. The number of para-hydroxylation sites is 2. The van der Waals surface area contributed by atoms with Crippen molar-refractivity contribution in [2.75, 3.05) is 0 Å². The predicted molar refractivity (Wildman–Crippen MR) is 100 cm³/mol. The molecular weight excluding hydrogens is 355 g/mol. The highest BCUT2D eigenvalue weighted by molar-refractivity contribution is 6.38. The fourth-order valence-electron chi connectivity index (χ4n) is 2.96. The molecular formula is C20H13Cl2N2O+. The Morgan fingerprint density at radius 2 is 1.40 bits per heavy atom. The number of fused-ring (bicyclic) bond motifs is 1. The van der Waals surface area contributed by atoms with E-state index in [0.29, 0.717) is 37.7 Å². The molecule has 4 rings (SSSR count). The zero-order valence-corrected chi connectivity index (χ0v) is 14.6. The number of carbonyl (C=O) groups excluding carboxylic acids is 1. The average Bonchev–Trinajstić information content (AvgIpc) is 2.64. The van der Waals surface area contributed by atoms with Crippen LogP contribution in [0.5, 0.6) is 0 Å². The SMILES string of the molecule is O=C1c2ccccc2N=C(c2ccccc2)[NH+]1c1c(Cl)cccc1Cl. The van der Waals surface area contributed by atoms with E-state index < -0.39 is 0 Å². The molecule has 0 bridgehead atoms. The number of rotatable bonds is 2. The van der Waals surface area contributed by atoms with Gasteiger partial charge >= 0.3 is 5.91 Å². The van der Waals surface area contributed by atoms with Gasteiger partial charge in [-0.3, -0.25) is 0 Å². The Hall–Kier alpha value is -2.46. The van der Waals surface area contributed by atoms with Crippen molar-refractivity contribution in [1.82, 2.24) is 0 Å². The number of amidine groups is 1. The Balaban J connectivity index is 2.00. The standard InChI is InChI=1S/C20H12Cl2N2O/c21-15-10-6-11-16(22)18(15)24-19(13-7-2-1-3-8-13)23-17-12-5-4-9-14(17)20(24)25/h1-12H/p+1. The van der Waals surface area contributed by atoms with Crippen LogP contribution in [0.1, 0.15) is 15.9 Å². The molecule has 1 heterocycles. The van der Waals surface area contributed by atoms with Gasteiger partial charge in [0.25, 0.3) is 0 Å². The molecule has 0 aromatic heterocycles. The minimum absolute atomic E-state index is 0.126. The zero-order chi connectivity index (χ0) is 17.4. The minimum atomic E-state index is -0.126. The number of nitrogens with one attached hydrogen (secondary N) is 1. The van der Waals surface area contributed by atoms with Crippen LogP contribution < -0.4 is 4.90 Å². The van der Waals surface area contributed by atoms with Crippen LogP contribution in [0.3, 0.4) is 0 Å². The lowest BCUT2D eigenvalue weighted by molar-refractivity contribution is -0.631. The lowest BCUT2D eigenvalue weighted by Crippen LogP contribution is -3.13. The molecule has 3 aromatic carbocycles. The van der Waals surface area contributed by atoms with Crippen molar-refractivity contribution in [2.45, 2.75) is 0 Å². The van der Waals surface area contributed by atoms with Gasteiger partial charge in [-0.05, 0) is 36.4 Å². The summed E-state index contributed by atoms with van der Waals surface area (Å²) in [7, 11) is 0. The molecule has 122 valence electrons. The molecule has 1 aliphatic rings. The summed E-state index contributed by atoms with van der Waals surface area (Å²) < 4.78 is 0. The Labute approximate surface area is 155 Å². The second kappa shape index (κ2) is 6.45. The van der Waals surface area contributed by atoms with Gasteiger partial charge in [-0.15, -0.1) is 0 Å². The van der Waals surface area contributed by atoms with Crippen molar-refractivity contribution >= 4 is 46.3 Å². The van der Waals surface area contributed by atoms with E-state index >= 15 is 0 Å².